The first-order valence-electron chi connectivity index (χ1n) is 6.28. The van der Waals surface area contributed by atoms with Crippen LogP contribution in [0.4, 0.5) is 0 Å². The Hall–Kier alpha value is -2.59. The Morgan fingerprint density at radius 2 is 1.30 bits per heavy atom. The number of rotatable bonds is 3. The quantitative estimate of drug-likeness (QED) is 0.789. The van der Waals surface area contributed by atoms with Crippen LogP contribution in [0.15, 0.2) is 61.4 Å². The molecule has 3 aromatic heterocycles. The third kappa shape index (κ3) is 2.29. The van der Waals surface area contributed by atoms with E-state index in [1.165, 1.54) is 0 Å². The molecule has 0 saturated heterocycles. The van der Waals surface area contributed by atoms with Crippen LogP contribution in [0.3, 0.4) is 0 Å². The van der Waals surface area contributed by atoms with Crippen molar-refractivity contribution in [1.82, 2.24) is 15.0 Å². The van der Waals surface area contributed by atoms with Gasteiger partial charge in [-0.05, 0) is 17.7 Å². The minimum atomic E-state index is -0.0586. The number of nitrogens with zero attached hydrogens (tertiary/aromatic N) is 3. The number of aliphatic hydroxyl groups excluding tert-OH is 1. The second-order valence-electron chi connectivity index (χ2n) is 4.35. The minimum Gasteiger partial charge on any atom is -0.392 e. The normalized spacial score (nSPS) is 10.4. The summed E-state index contributed by atoms with van der Waals surface area (Å²) in [7, 11) is 0. The van der Waals surface area contributed by atoms with Gasteiger partial charge in [0.1, 0.15) is 0 Å². The van der Waals surface area contributed by atoms with Gasteiger partial charge < -0.3 is 5.11 Å². The Labute approximate surface area is 116 Å². The molecule has 1 N–H and O–H groups in total. The summed E-state index contributed by atoms with van der Waals surface area (Å²) in [5.74, 6) is 0. The first-order valence-corrected chi connectivity index (χ1v) is 6.28. The lowest BCUT2D eigenvalue weighted by atomic mass is 9.96. The smallest absolute Gasteiger partial charge is 0.0695 e. The van der Waals surface area contributed by atoms with Crippen LogP contribution in [0.1, 0.15) is 5.56 Å². The van der Waals surface area contributed by atoms with Gasteiger partial charge in [0.25, 0.3) is 0 Å². The van der Waals surface area contributed by atoms with E-state index in [1.807, 2.05) is 24.3 Å². The number of aromatic nitrogens is 3. The monoisotopic (exact) mass is 263 g/mol. The van der Waals surface area contributed by atoms with Crippen molar-refractivity contribution in [2.45, 2.75) is 6.61 Å². The van der Waals surface area contributed by atoms with Gasteiger partial charge in [0.15, 0.2) is 0 Å². The maximum absolute atomic E-state index is 9.75. The zero-order chi connectivity index (χ0) is 13.8. The van der Waals surface area contributed by atoms with Crippen molar-refractivity contribution < 1.29 is 5.11 Å². The summed E-state index contributed by atoms with van der Waals surface area (Å²) in [6.07, 6.45) is 10.5. The van der Waals surface area contributed by atoms with E-state index in [-0.39, 0.29) is 6.61 Å². The van der Waals surface area contributed by atoms with E-state index in [1.54, 1.807) is 37.2 Å². The fourth-order valence-electron chi connectivity index (χ4n) is 2.20. The Morgan fingerprint density at radius 3 is 1.70 bits per heavy atom. The Kier molecular flexibility index (Phi) is 3.48. The fraction of sp³-hybridized carbons (Fsp3) is 0.0625. The molecule has 4 heteroatoms. The number of hydrogen-bond acceptors (Lipinski definition) is 4. The molecular weight excluding hydrogens is 250 g/mol. The first kappa shape index (κ1) is 12.4. The Morgan fingerprint density at radius 1 is 0.750 bits per heavy atom. The Balaban J connectivity index is 2.19. The molecule has 0 radical (unpaired) electrons. The van der Waals surface area contributed by atoms with Gasteiger partial charge >= 0.3 is 0 Å². The van der Waals surface area contributed by atoms with Gasteiger partial charge in [-0.25, -0.2) is 0 Å². The molecule has 0 aliphatic rings. The van der Waals surface area contributed by atoms with Gasteiger partial charge in [-0.15, -0.1) is 0 Å². The molecule has 0 aliphatic carbocycles. The van der Waals surface area contributed by atoms with Gasteiger partial charge in [0, 0.05) is 59.4 Å². The molecule has 3 rings (SSSR count). The molecule has 0 amide bonds. The van der Waals surface area contributed by atoms with E-state index in [2.05, 4.69) is 15.0 Å². The van der Waals surface area contributed by atoms with E-state index in [4.69, 9.17) is 0 Å². The lowest BCUT2D eigenvalue weighted by molar-refractivity contribution is 0.283. The van der Waals surface area contributed by atoms with Gasteiger partial charge in [0.05, 0.1) is 6.61 Å². The molecule has 0 saturated carbocycles. The highest BCUT2D eigenvalue weighted by Gasteiger charge is 2.11. The van der Waals surface area contributed by atoms with Crippen LogP contribution in [0.2, 0.25) is 0 Å². The molecule has 0 fully saturated rings. The summed E-state index contributed by atoms with van der Waals surface area (Å²) in [5.41, 5.74) is 4.49. The summed E-state index contributed by atoms with van der Waals surface area (Å²) >= 11 is 0. The lowest BCUT2D eigenvalue weighted by Gasteiger charge is -2.12. The molecular formula is C16H13N3O. The van der Waals surface area contributed by atoms with Crippen molar-refractivity contribution in [1.29, 1.82) is 0 Å². The van der Waals surface area contributed by atoms with Crippen LogP contribution in [0, 0.1) is 0 Å². The van der Waals surface area contributed by atoms with Crippen molar-refractivity contribution >= 4 is 0 Å². The average molecular weight is 263 g/mol. The van der Waals surface area contributed by atoms with E-state index < -0.39 is 0 Å². The van der Waals surface area contributed by atoms with Crippen molar-refractivity contribution in [3.63, 3.8) is 0 Å². The maximum Gasteiger partial charge on any atom is 0.0695 e. The summed E-state index contributed by atoms with van der Waals surface area (Å²) < 4.78 is 0. The third-order valence-corrected chi connectivity index (χ3v) is 3.16. The summed E-state index contributed by atoms with van der Waals surface area (Å²) in [6, 6.07) is 7.65. The van der Waals surface area contributed by atoms with Crippen molar-refractivity contribution in [3.8, 4) is 22.3 Å². The molecule has 20 heavy (non-hydrogen) atoms. The molecule has 0 aliphatic heterocycles. The SMILES string of the molecule is OCc1c(-c2cccnc2)cncc1-c1cccnc1. The second-order valence-corrected chi connectivity index (χ2v) is 4.35. The van der Waals surface area contributed by atoms with E-state index in [9.17, 15) is 5.11 Å². The number of pyridine rings is 3. The molecule has 0 spiro atoms. The lowest BCUT2D eigenvalue weighted by Crippen LogP contribution is -1.96. The summed E-state index contributed by atoms with van der Waals surface area (Å²) in [4.78, 5) is 12.5. The molecule has 98 valence electrons. The van der Waals surface area contributed by atoms with Crippen LogP contribution < -0.4 is 0 Å². The predicted molar refractivity (Wildman–Crippen MR) is 76.6 cm³/mol. The van der Waals surface area contributed by atoms with Gasteiger partial charge in [-0.1, -0.05) is 12.1 Å². The van der Waals surface area contributed by atoms with Crippen LogP contribution in [-0.2, 0) is 6.61 Å². The Bertz CT molecular complexity index is 642. The minimum absolute atomic E-state index is 0.0586. The number of hydrogen-bond donors (Lipinski definition) is 1. The molecule has 3 heterocycles. The molecule has 0 atom stereocenters. The largest absolute Gasteiger partial charge is 0.392 e. The molecule has 0 unspecified atom stereocenters. The molecule has 4 nitrogen and oxygen atoms in total. The van der Waals surface area contributed by atoms with Crippen LogP contribution in [0.25, 0.3) is 22.3 Å². The van der Waals surface area contributed by atoms with E-state index >= 15 is 0 Å². The first-order chi connectivity index (χ1) is 9.90. The molecule has 0 bridgehead atoms. The summed E-state index contributed by atoms with van der Waals surface area (Å²) in [6.45, 7) is -0.0586. The zero-order valence-corrected chi connectivity index (χ0v) is 10.8. The standard InChI is InChI=1S/C16H13N3O/c20-11-16-14(12-3-1-5-17-7-12)9-19-10-15(16)13-4-2-6-18-8-13/h1-10,20H,11H2. The number of aliphatic hydroxyl groups is 1. The van der Waals surface area contributed by atoms with E-state index in [0.29, 0.717) is 0 Å². The average Bonchev–Trinajstić information content (AvgIpc) is 2.55. The van der Waals surface area contributed by atoms with Crippen molar-refractivity contribution in [3.05, 3.63) is 67.0 Å². The predicted octanol–water partition coefficient (Wildman–Crippen LogP) is 2.70. The van der Waals surface area contributed by atoms with Crippen molar-refractivity contribution in [2.75, 3.05) is 0 Å². The zero-order valence-electron chi connectivity index (χ0n) is 10.8. The van der Waals surface area contributed by atoms with Crippen molar-refractivity contribution in [2.24, 2.45) is 0 Å². The van der Waals surface area contributed by atoms with Crippen LogP contribution in [-0.4, -0.2) is 20.1 Å². The highest BCUT2D eigenvalue weighted by molar-refractivity contribution is 5.76. The summed E-state index contributed by atoms with van der Waals surface area (Å²) in [5, 5.41) is 9.75. The van der Waals surface area contributed by atoms with Crippen LogP contribution >= 0.6 is 0 Å². The highest BCUT2D eigenvalue weighted by Crippen LogP contribution is 2.30. The topological polar surface area (TPSA) is 58.9 Å². The van der Waals surface area contributed by atoms with Gasteiger partial charge in [0.2, 0.25) is 0 Å². The highest BCUT2D eigenvalue weighted by atomic mass is 16.3. The van der Waals surface area contributed by atoms with Gasteiger partial charge in [-0.2, -0.15) is 0 Å². The van der Waals surface area contributed by atoms with Crippen LogP contribution in [0.5, 0.6) is 0 Å². The second kappa shape index (κ2) is 5.59. The fourth-order valence-corrected chi connectivity index (χ4v) is 2.20. The molecule has 0 aromatic carbocycles. The third-order valence-electron chi connectivity index (χ3n) is 3.16. The maximum atomic E-state index is 9.75. The van der Waals surface area contributed by atoms with E-state index in [0.717, 1.165) is 27.8 Å². The van der Waals surface area contributed by atoms with Gasteiger partial charge in [-0.3, -0.25) is 15.0 Å². The molecule has 3 aromatic rings.